The second kappa shape index (κ2) is 52.0. The number of hydrogen-bond acceptors (Lipinski definition) is 6. The highest BCUT2D eigenvalue weighted by molar-refractivity contribution is 5.71. The Kier molecular flexibility index (Phi) is 49.0. The number of rotatable bonds is 46. The molecule has 0 aromatic carbocycles. The van der Waals surface area contributed by atoms with Crippen molar-refractivity contribution in [2.75, 3.05) is 13.2 Å². The maximum absolute atomic E-state index is 12.8. The van der Waals surface area contributed by atoms with Crippen LogP contribution in [0.25, 0.3) is 0 Å². The fourth-order valence-corrected chi connectivity index (χ4v) is 6.91. The lowest BCUT2D eigenvalue weighted by atomic mass is 10.1. The minimum absolute atomic E-state index is 0.104. The number of unbranched alkanes of at least 4 members (excludes halogenated alkanes) is 19. The molecule has 0 fully saturated rings. The van der Waals surface area contributed by atoms with Gasteiger partial charge in [-0.05, 0) is 116 Å². The Balaban J connectivity index is 4.48. The molecule has 0 radical (unpaired) electrons. The summed E-state index contributed by atoms with van der Waals surface area (Å²) < 4.78 is 16.8. The molecule has 1 unspecified atom stereocenters. The summed E-state index contributed by atoms with van der Waals surface area (Å²) in [4.78, 5) is 38.0. The van der Waals surface area contributed by atoms with Gasteiger partial charge in [0.2, 0.25) is 0 Å². The molecular weight excluding hydrogens is 793 g/mol. The predicted molar refractivity (Wildman–Crippen MR) is 274 cm³/mol. The van der Waals surface area contributed by atoms with Gasteiger partial charge in [-0.15, -0.1) is 0 Å². The highest BCUT2D eigenvalue weighted by Gasteiger charge is 2.19. The van der Waals surface area contributed by atoms with Crippen molar-refractivity contribution in [3.05, 3.63) is 97.2 Å². The summed E-state index contributed by atoms with van der Waals surface area (Å²) in [5.41, 5.74) is 0. The summed E-state index contributed by atoms with van der Waals surface area (Å²) in [6.07, 6.45) is 68.2. The molecule has 0 rings (SSSR count). The van der Waals surface area contributed by atoms with Gasteiger partial charge in [0.05, 0.1) is 0 Å². The highest BCUT2D eigenvalue weighted by Crippen LogP contribution is 2.13. The first-order chi connectivity index (χ1) is 31.5. The van der Waals surface area contributed by atoms with Crippen LogP contribution in [0.4, 0.5) is 0 Å². The first kappa shape index (κ1) is 60.3. The van der Waals surface area contributed by atoms with Crippen LogP contribution in [0.3, 0.4) is 0 Å². The number of ether oxygens (including phenoxy) is 3. The molecule has 0 aliphatic heterocycles. The molecule has 0 spiro atoms. The molecule has 0 aromatic rings. The van der Waals surface area contributed by atoms with E-state index in [1.807, 2.05) is 0 Å². The summed E-state index contributed by atoms with van der Waals surface area (Å²) in [6.45, 7) is 6.35. The monoisotopic (exact) mass is 889 g/mol. The highest BCUT2D eigenvalue weighted by atomic mass is 16.6. The van der Waals surface area contributed by atoms with Crippen LogP contribution in [0.5, 0.6) is 0 Å². The average Bonchev–Trinajstić information content (AvgIpc) is 3.29. The van der Waals surface area contributed by atoms with Crippen molar-refractivity contribution in [2.45, 2.75) is 239 Å². The molecule has 0 heterocycles. The SMILES string of the molecule is CC/C=C\C/C=C\C/C=C\C/C=C\CCCCCCC(=O)OCC(COC(=O)CCCCC/C=C\C/C=C\C/C=C\CC)OC(=O)CCCCCCC/C=C\CCCCCCCCC. The number of hydrogen-bond donors (Lipinski definition) is 0. The van der Waals surface area contributed by atoms with Gasteiger partial charge in [0.25, 0.3) is 0 Å². The second-order valence-electron chi connectivity index (χ2n) is 17.0. The Labute approximate surface area is 394 Å². The number of esters is 3. The first-order valence-corrected chi connectivity index (χ1v) is 26.2. The summed E-state index contributed by atoms with van der Waals surface area (Å²) in [5.74, 6) is -0.966. The van der Waals surface area contributed by atoms with E-state index in [-0.39, 0.29) is 31.1 Å². The van der Waals surface area contributed by atoms with Crippen molar-refractivity contribution in [3.63, 3.8) is 0 Å². The molecule has 0 amide bonds. The van der Waals surface area contributed by atoms with Crippen LogP contribution in [-0.4, -0.2) is 37.2 Å². The lowest BCUT2D eigenvalue weighted by Crippen LogP contribution is -2.30. The molecule has 364 valence electrons. The lowest BCUT2D eigenvalue weighted by Gasteiger charge is -2.18. The summed E-state index contributed by atoms with van der Waals surface area (Å²) in [7, 11) is 0. The van der Waals surface area contributed by atoms with Gasteiger partial charge in [0.15, 0.2) is 6.10 Å². The maximum Gasteiger partial charge on any atom is 0.306 e. The van der Waals surface area contributed by atoms with Crippen molar-refractivity contribution < 1.29 is 28.6 Å². The number of carbonyl (C=O) groups excluding carboxylic acids is 3. The third kappa shape index (κ3) is 49.3. The zero-order valence-corrected chi connectivity index (χ0v) is 41.5. The van der Waals surface area contributed by atoms with Gasteiger partial charge in [-0.1, -0.05) is 195 Å². The van der Waals surface area contributed by atoms with Crippen LogP contribution in [0.1, 0.15) is 233 Å². The van der Waals surface area contributed by atoms with E-state index in [2.05, 4.69) is 118 Å². The number of allylic oxidation sites excluding steroid dienone is 16. The zero-order valence-electron chi connectivity index (χ0n) is 41.5. The van der Waals surface area contributed by atoms with Crippen molar-refractivity contribution in [1.82, 2.24) is 0 Å². The third-order valence-corrected chi connectivity index (χ3v) is 10.8. The zero-order chi connectivity index (χ0) is 46.5. The third-order valence-electron chi connectivity index (χ3n) is 10.8. The van der Waals surface area contributed by atoms with Gasteiger partial charge in [0.1, 0.15) is 13.2 Å². The van der Waals surface area contributed by atoms with Crippen molar-refractivity contribution in [3.8, 4) is 0 Å². The quantitative estimate of drug-likeness (QED) is 0.0262. The molecular formula is C58H96O6. The van der Waals surface area contributed by atoms with Crippen LogP contribution in [0.2, 0.25) is 0 Å². The van der Waals surface area contributed by atoms with E-state index in [4.69, 9.17) is 14.2 Å². The summed E-state index contributed by atoms with van der Waals surface area (Å²) in [6, 6.07) is 0. The van der Waals surface area contributed by atoms with Crippen LogP contribution >= 0.6 is 0 Å². The van der Waals surface area contributed by atoms with Gasteiger partial charge in [-0.2, -0.15) is 0 Å². The van der Waals surface area contributed by atoms with Gasteiger partial charge >= 0.3 is 17.9 Å². The molecule has 0 N–H and O–H groups in total. The fraction of sp³-hybridized carbons (Fsp3) is 0.672. The van der Waals surface area contributed by atoms with E-state index in [0.29, 0.717) is 19.3 Å². The van der Waals surface area contributed by atoms with E-state index >= 15 is 0 Å². The smallest absolute Gasteiger partial charge is 0.306 e. The average molecular weight is 889 g/mol. The van der Waals surface area contributed by atoms with Gasteiger partial charge in [-0.3, -0.25) is 14.4 Å². The first-order valence-electron chi connectivity index (χ1n) is 26.2. The molecule has 0 aliphatic carbocycles. The van der Waals surface area contributed by atoms with Crippen LogP contribution < -0.4 is 0 Å². The minimum atomic E-state index is -0.804. The Hall–Kier alpha value is -3.67. The van der Waals surface area contributed by atoms with E-state index in [1.165, 1.54) is 57.8 Å². The Morgan fingerprint density at radius 1 is 0.328 bits per heavy atom. The minimum Gasteiger partial charge on any atom is -0.462 e. The molecule has 0 aliphatic rings. The molecule has 0 aromatic heterocycles. The van der Waals surface area contributed by atoms with E-state index in [1.54, 1.807) is 0 Å². The van der Waals surface area contributed by atoms with Crippen LogP contribution in [-0.2, 0) is 28.6 Å². The molecule has 6 heteroatoms. The lowest BCUT2D eigenvalue weighted by molar-refractivity contribution is -0.167. The summed E-state index contributed by atoms with van der Waals surface area (Å²) >= 11 is 0. The molecule has 0 saturated heterocycles. The van der Waals surface area contributed by atoms with Crippen molar-refractivity contribution in [1.29, 1.82) is 0 Å². The normalized spacial score (nSPS) is 12.9. The van der Waals surface area contributed by atoms with E-state index in [0.717, 1.165) is 135 Å². The molecule has 0 bridgehead atoms. The van der Waals surface area contributed by atoms with Gasteiger partial charge in [0, 0.05) is 19.3 Å². The van der Waals surface area contributed by atoms with Crippen LogP contribution in [0, 0.1) is 0 Å². The standard InChI is InChI=1S/C58H96O6/c1-4-7-10-13-16-19-22-25-27-29-31-33-36-39-42-45-48-51-57(60)63-54-55(53-62-56(59)50-47-44-41-38-35-32-24-21-18-15-12-9-6-3)64-58(61)52-49-46-43-40-37-34-30-28-26-23-20-17-14-11-8-5-2/h7,9-10,12,16,18-19,21,25,27-28,30-33,35,55H,4-6,8,11,13-15,17,20,22-24,26,29,34,36-54H2,1-3H3/b10-7-,12-9-,19-16-,21-18-,27-25-,30-28-,33-31-,35-32-. The predicted octanol–water partition coefficient (Wildman–Crippen LogP) is 17.4. The molecule has 6 nitrogen and oxygen atoms in total. The number of carbonyl (C=O) groups is 3. The molecule has 64 heavy (non-hydrogen) atoms. The molecule has 1 atom stereocenters. The van der Waals surface area contributed by atoms with Crippen LogP contribution in [0.15, 0.2) is 97.2 Å². The van der Waals surface area contributed by atoms with Gasteiger partial charge in [-0.25, -0.2) is 0 Å². The molecule has 0 saturated carbocycles. The van der Waals surface area contributed by atoms with Gasteiger partial charge < -0.3 is 14.2 Å². The Bertz CT molecular complexity index is 1300. The summed E-state index contributed by atoms with van der Waals surface area (Å²) in [5, 5.41) is 0. The van der Waals surface area contributed by atoms with Crippen molar-refractivity contribution in [2.24, 2.45) is 0 Å². The van der Waals surface area contributed by atoms with E-state index < -0.39 is 6.10 Å². The van der Waals surface area contributed by atoms with Crippen molar-refractivity contribution >= 4 is 17.9 Å². The fourth-order valence-electron chi connectivity index (χ4n) is 6.91. The second-order valence-corrected chi connectivity index (χ2v) is 17.0. The largest absolute Gasteiger partial charge is 0.462 e. The Morgan fingerprint density at radius 3 is 0.984 bits per heavy atom. The van der Waals surface area contributed by atoms with E-state index in [9.17, 15) is 14.4 Å². The maximum atomic E-state index is 12.8. The topological polar surface area (TPSA) is 78.9 Å². The Morgan fingerprint density at radius 2 is 0.609 bits per heavy atom.